The number of aryl methyl sites for hydroxylation is 1. The molecule has 154 valence electrons. The number of ether oxygens (including phenoxy) is 1. The van der Waals surface area contributed by atoms with Crippen molar-refractivity contribution in [3.05, 3.63) is 35.8 Å². The second kappa shape index (κ2) is 6.97. The number of para-hydroxylation sites is 1. The van der Waals surface area contributed by atoms with Gasteiger partial charge in [-0.3, -0.25) is 4.79 Å². The Balaban J connectivity index is 1.38. The first kappa shape index (κ1) is 19.6. The molecule has 0 bridgehead atoms. The minimum absolute atomic E-state index is 0.0367. The van der Waals surface area contributed by atoms with Crippen LogP contribution in [-0.2, 0) is 9.53 Å². The molecule has 1 saturated carbocycles. The molecule has 1 aliphatic carbocycles. The fourth-order valence-corrected chi connectivity index (χ4v) is 4.32. The molecule has 0 spiro atoms. The second-order valence-corrected chi connectivity index (χ2v) is 9.14. The van der Waals surface area contributed by atoms with Crippen LogP contribution < -0.4 is 5.32 Å². The van der Waals surface area contributed by atoms with Gasteiger partial charge in [0, 0.05) is 24.4 Å². The van der Waals surface area contributed by atoms with Crippen molar-refractivity contribution in [1.29, 1.82) is 0 Å². The first-order valence-electron chi connectivity index (χ1n) is 10.2. The van der Waals surface area contributed by atoms with E-state index in [1.165, 1.54) is 0 Å². The van der Waals surface area contributed by atoms with Crippen LogP contribution in [0.25, 0.3) is 10.9 Å². The fraction of sp³-hybridized carbons (Fsp3) is 0.545. The minimum atomic E-state index is -0.505. The third kappa shape index (κ3) is 3.91. The van der Waals surface area contributed by atoms with E-state index in [2.05, 4.69) is 15.3 Å². The van der Waals surface area contributed by atoms with Gasteiger partial charge in [-0.05, 0) is 52.5 Å². The first-order valence-corrected chi connectivity index (χ1v) is 10.2. The number of carbonyl (C=O) groups is 2. The van der Waals surface area contributed by atoms with E-state index in [1.807, 2.05) is 58.9 Å². The fourth-order valence-electron chi connectivity index (χ4n) is 4.32. The lowest BCUT2D eigenvalue weighted by molar-refractivity contribution is -0.124. The number of rotatable bonds is 3. The average Bonchev–Trinajstić information content (AvgIpc) is 3.13. The van der Waals surface area contributed by atoms with Crippen LogP contribution in [0.4, 0.5) is 4.79 Å². The third-order valence-electron chi connectivity index (χ3n) is 5.66. The summed E-state index contributed by atoms with van der Waals surface area (Å²) in [4.78, 5) is 35.8. The van der Waals surface area contributed by atoms with Crippen LogP contribution in [0.3, 0.4) is 0 Å². The number of fused-ring (bicyclic) bond motifs is 2. The number of aromatic nitrogens is 2. The summed E-state index contributed by atoms with van der Waals surface area (Å²) in [6.07, 6.45) is -0.292. The quantitative estimate of drug-likeness (QED) is 0.861. The zero-order valence-electron chi connectivity index (χ0n) is 17.6. The topological polar surface area (TPSA) is 84.4 Å². The Bertz CT molecular complexity index is 956. The molecule has 1 unspecified atom stereocenters. The molecule has 29 heavy (non-hydrogen) atoms. The molecule has 4 atom stereocenters. The Morgan fingerprint density at radius 2 is 1.83 bits per heavy atom. The molecule has 2 heterocycles. The SMILES string of the molecule is Cc1nc(C(C)NC(=O)[C@H]2[C@@H]3CN(C(=O)OC(C)(C)C)C[C@@H]32)c2ccccc2n1. The molecule has 2 amide bonds. The summed E-state index contributed by atoms with van der Waals surface area (Å²) < 4.78 is 5.43. The first-order chi connectivity index (χ1) is 13.6. The van der Waals surface area contributed by atoms with Crippen molar-refractivity contribution in [2.45, 2.75) is 46.3 Å². The van der Waals surface area contributed by atoms with E-state index in [0.717, 1.165) is 16.6 Å². The van der Waals surface area contributed by atoms with Gasteiger partial charge in [0.25, 0.3) is 0 Å². The molecule has 2 aromatic rings. The molecule has 2 fully saturated rings. The predicted octanol–water partition coefficient (Wildman–Crippen LogP) is 3.23. The molecule has 1 aliphatic heterocycles. The Labute approximate surface area is 170 Å². The summed E-state index contributed by atoms with van der Waals surface area (Å²) in [5.41, 5.74) is 1.21. The number of likely N-dealkylation sites (tertiary alicyclic amines) is 1. The molecule has 0 radical (unpaired) electrons. The monoisotopic (exact) mass is 396 g/mol. The standard InChI is InChI=1S/C22H28N4O3/c1-12(19-14-8-6-7-9-17(14)24-13(2)25-19)23-20(27)18-15-10-26(11-16(15)18)21(28)29-22(3,4)5/h6-9,12,15-16,18H,10-11H2,1-5H3,(H,23,27)/t12?,15-,16+,18+. The third-order valence-corrected chi connectivity index (χ3v) is 5.66. The van der Waals surface area contributed by atoms with Crippen molar-refractivity contribution in [1.82, 2.24) is 20.2 Å². The number of amides is 2. The Kier molecular flexibility index (Phi) is 4.71. The summed E-state index contributed by atoms with van der Waals surface area (Å²) in [5, 5.41) is 4.08. The van der Waals surface area contributed by atoms with Crippen LogP contribution in [-0.4, -0.2) is 45.6 Å². The van der Waals surface area contributed by atoms with E-state index in [9.17, 15) is 9.59 Å². The van der Waals surface area contributed by atoms with Crippen LogP contribution in [0.1, 0.15) is 45.3 Å². The van der Waals surface area contributed by atoms with Crippen LogP contribution >= 0.6 is 0 Å². The summed E-state index contributed by atoms with van der Waals surface area (Å²) in [6, 6.07) is 7.63. The van der Waals surface area contributed by atoms with Gasteiger partial charge in [-0.2, -0.15) is 0 Å². The molecular formula is C22H28N4O3. The van der Waals surface area contributed by atoms with Gasteiger partial charge >= 0.3 is 6.09 Å². The Morgan fingerprint density at radius 1 is 1.17 bits per heavy atom. The summed E-state index contributed by atoms with van der Waals surface area (Å²) >= 11 is 0. The lowest BCUT2D eigenvalue weighted by atomic mass is 10.1. The van der Waals surface area contributed by atoms with E-state index >= 15 is 0 Å². The number of benzene rings is 1. The molecule has 2 aliphatic rings. The van der Waals surface area contributed by atoms with Gasteiger partial charge in [0.15, 0.2) is 0 Å². The number of hydrogen-bond donors (Lipinski definition) is 1. The average molecular weight is 396 g/mol. The van der Waals surface area contributed by atoms with E-state index in [-0.39, 0.29) is 35.8 Å². The van der Waals surface area contributed by atoms with Crippen molar-refractivity contribution < 1.29 is 14.3 Å². The van der Waals surface area contributed by atoms with Crippen LogP contribution in [0.2, 0.25) is 0 Å². The highest BCUT2D eigenvalue weighted by Crippen LogP contribution is 2.52. The van der Waals surface area contributed by atoms with Gasteiger partial charge < -0.3 is 15.0 Å². The van der Waals surface area contributed by atoms with Crippen molar-refractivity contribution in [2.24, 2.45) is 17.8 Å². The minimum Gasteiger partial charge on any atom is -0.444 e. The van der Waals surface area contributed by atoms with Crippen molar-refractivity contribution in [2.75, 3.05) is 13.1 Å². The van der Waals surface area contributed by atoms with Gasteiger partial charge in [0.2, 0.25) is 5.91 Å². The van der Waals surface area contributed by atoms with E-state index < -0.39 is 5.60 Å². The smallest absolute Gasteiger partial charge is 0.410 e. The van der Waals surface area contributed by atoms with Gasteiger partial charge in [-0.15, -0.1) is 0 Å². The molecule has 4 rings (SSSR count). The van der Waals surface area contributed by atoms with E-state index in [0.29, 0.717) is 18.9 Å². The molecule has 1 aromatic heterocycles. The highest BCUT2D eigenvalue weighted by Gasteiger charge is 2.60. The lowest BCUT2D eigenvalue weighted by Crippen LogP contribution is -2.39. The highest BCUT2D eigenvalue weighted by atomic mass is 16.6. The second-order valence-electron chi connectivity index (χ2n) is 9.14. The van der Waals surface area contributed by atoms with Crippen molar-refractivity contribution >= 4 is 22.9 Å². The maximum absolute atomic E-state index is 12.8. The zero-order valence-corrected chi connectivity index (χ0v) is 17.6. The molecule has 7 heteroatoms. The van der Waals surface area contributed by atoms with Gasteiger partial charge in [-0.25, -0.2) is 14.8 Å². The van der Waals surface area contributed by atoms with Crippen LogP contribution in [0, 0.1) is 24.7 Å². The Hall–Kier alpha value is -2.70. The Morgan fingerprint density at radius 3 is 2.48 bits per heavy atom. The van der Waals surface area contributed by atoms with E-state index in [4.69, 9.17) is 4.74 Å². The number of carbonyl (C=O) groups excluding carboxylic acids is 2. The lowest BCUT2D eigenvalue weighted by Gasteiger charge is -2.26. The molecule has 1 aromatic carbocycles. The number of nitrogens with one attached hydrogen (secondary N) is 1. The summed E-state index contributed by atoms with van der Waals surface area (Å²) in [5.74, 6) is 1.13. The van der Waals surface area contributed by atoms with E-state index in [1.54, 1.807) is 4.90 Å². The molecule has 1 N–H and O–H groups in total. The largest absolute Gasteiger partial charge is 0.444 e. The number of hydrogen-bond acceptors (Lipinski definition) is 5. The maximum Gasteiger partial charge on any atom is 0.410 e. The van der Waals surface area contributed by atoms with Gasteiger partial charge in [-0.1, -0.05) is 18.2 Å². The molecule has 7 nitrogen and oxygen atoms in total. The number of nitrogens with zero attached hydrogens (tertiary/aromatic N) is 3. The molecule has 1 saturated heterocycles. The molecular weight excluding hydrogens is 368 g/mol. The van der Waals surface area contributed by atoms with Crippen molar-refractivity contribution in [3.63, 3.8) is 0 Å². The van der Waals surface area contributed by atoms with Crippen LogP contribution in [0.15, 0.2) is 24.3 Å². The van der Waals surface area contributed by atoms with Crippen LogP contribution in [0.5, 0.6) is 0 Å². The maximum atomic E-state index is 12.8. The summed E-state index contributed by atoms with van der Waals surface area (Å²) in [7, 11) is 0. The number of piperidine rings is 1. The van der Waals surface area contributed by atoms with Gasteiger partial charge in [0.1, 0.15) is 11.4 Å². The normalized spacial score (nSPS) is 24.2. The van der Waals surface area contributed by atoms with Gasteiger partial charge in [0.05, 0.1) is 17.3 Å². The van der Waals surface area contributed by atoms with Crippen molar-refractivity contribution in [3.8, 4) is 0 Å². The zero-order chi connectivity index (χ0) is 20.9. The predicted molar refractivity (Wildman–Crippen MR) is 109 cm³/mol. The highest BCUT2D eigenvalue weighted by molar-refractivity contribution is 5.85. The summed E-state index contributed by atoms with van der Waals surface area (Å²) in [6.45, 7) is 10.6.